The normalized spacial score (nSPS) is 22.7. The van der Waals surface area contributed by atoms with Crippen LogP contribution in [0.2, 0.25) is 0 Å². The lowest BCUT2D eigenvalue weighted by atomic mass is 9.87. The maximum absolute atomic E-state index is 11.8. The molecule has 1 saturated carbocycles. The molecule has 4 nitrogen and oxygen atoms in total. The summed E-state index contributed by atoms with van der Waals surface area (Å²) in [6.07, 6.45) is 2.13. The number of nitrogens with two attached hydrogens (primary N) is 1. The Balaban J connectivity index is 1.89. The first-order chi connectivity index (χ1) is 8.19. The lowest BCUT2D eigenvalue weighted by Crippen LogP contribution is -2.50. The maximum Gasteiger partial charge on any atom is 0.224 e. The molecule has 1 aromatic rings. The van der Waals surface area contributed by atoms with E-state index in [0.29, 0.717) is 6.42 Å². The van der Waals surface area contributed by atoms with Gasteiger partial charge in [-0.15, -0.1) is 0 Å². The number of hydrogen-bond acceptors (Lipinski definition) is 3. The summed E-state index contributed by atoms with van der Waals surface area (Å²) in [5, 5.41) is 2.97. The summed E-state index contributed by atoms with van der Waals surface area (Å²) in [5.74, 6) is 0.791. The summed E-state index contributed by atoms with van der Waals surface area (Å²) in [4.78, 5) is 11.8. The zero-order valence-electron chi connectivity index (χ0n) is 9.98. The third-order valence-corrected chi connectivity index (χ3v) is 3.08. The lowest BCUT2D eigenvalue weighted by molar-refractivity contribution is -0.121. The second-order valence-corrected chi connectivity index (χ2v) is 4.48. The fraction of sp³-hybridized carbons (Fsp3) is 0.462. The first-order valence-corrected chi connectivity index (χ1v) is 5.86. The highest BCUT2D eigenvalue weighted by molar-refractivity contribution is 5.79. The number of hydrogen-bond donors (Lipinski definition) is 2. The van der Waals surface area contributed by atoms with Crippen LogP contribution in [0.15, 0.2) is 24.3 Å². The molecule has 0 aromatic heterocycles. The van der Waals surface area contributed by atoms with Crippen molar-refractivity contribution in [2.24, 2.45) is 5.73 Å². The molecule has 1 fully saturated rings. The molecule has 92 valence electrons. The Kier molecular flexibility index (Phi) is 3.64. The largest absolute Gasteiger partial charge is 0.496 e. The fourth-order valence-electron chi connectivity index (χ4n) is 2.08. The molecule has 1 aliphatic rings. The van der Waals surface area contributed by atoms with Crippen molar-refractivity contribution in [1.82, 2.24) is 5.32 Å². The van der Waals surface area contributed by atoms with Gasteiger partial charge in [0.05, 0.1) is 13.5 Å². The van der Waals surface area contributed by atoms with Gasteiger partial charge in [-0.2, -0.15) is 0 Å². The van der Waals surface area contributed by atoms with E-state index in [4.69, 9.17) is 10.5 Å². The van der Waals surface area contributed by atoms with Crippen molar-refractivity contribution in [3.05, 3.63) is 29.8 Å². The average Bonchev–Trinajstić information content (AvgIpc) is 2.27. The molecule has 0 spiro atoms. The molecule has 0 aliphatic heterocycles. The van der Waals surface area contributed by atoms with E-state index in [0.717, 1.165) is 24.2 Å². The Morgan fingerprint density at radius 1 is 1.47 bits per heavy atom. The average molecular weight is 234 g/mol. The van der Waals surface area contributed by atoms with Crippen LogP contribution in [-0.4, -0.2) is 25.1 Å². The van der Waals surface area contributed by atoms with E-state index in [-0.39, 0.29) is 18.0 Å². The number of nitrogens with one attached hydrogen (secondary N) is 1. The highest BCUT2D eigenvalue weighted by Crippen LogP contribution is 2.20. The second kappa shape index (κ2) is 5.19. The highest BCUT2D eigenvalue weighted by Gasteiger charge is 2.27. The number of para-hydroxylation sites is 1. The lowest BCUT2D eigenvalue weighted by Gasteiger charge is -2.33. The van der Waals surface area contributed by atoms with Crippen molar-refractivity contribution < 1.29 is 9.53 Å². The van der Waals surface area contributed by atoms with Crippen molar-refractivity contribution in [3.63, 3.8) is 0 Å². The molecule has 1 aliphatic carbocycles. The summed E-state index contributed by atoms with van der Waals surface area (Å²) < 4.78 is 5.21. The van der Waals surface area contributed by atoms with Crippen LogP contribution < -0.4 is 15.8 Å². The number of rotatable bonds is 4. The first kappa shape index (κ1) is 11.9. The molecular weight excluding hydrogens is 216 g/mol. The van der Waals surface area contributed by atoms with Crippen molar-refractivity contribution >= 4 is 5.91 Å². The Labute approximate surface area is 101 Å². The summed E-state index contributed by atoms with van der Waals surface area (Å²) in [5.41, 5.74) is 6.58. The van der Waals surface area contributed by atoms with E-state index in [1.807, 2.05) is 24.3 Å². The van der Waals surface area contributed by atoms with Crippen LogP contribution in [-0.2, 0) is 11.2 Å². The van der Waals surface area contributed by atoms with Crippen LogP contribution in [0.25, 0.3) is 0 Å². The van der Waals surface area contributed by atoms with Crippen LogP contribution in [0, 0.1) is 0 Å². The molecule has 0 saturated heterocycles. The SMILES string of the molecule is COc1ccccc1CC(=O)NC1CC(N)C1. The molecule has 4 heteroatoms. The Hall–Kier alpha value is -1.55. The molecule has 0 radical (unpaired) electrons. The van der Waals surface area contributed by atoms with E-state index in [2.05, 4.69) is 5.32 Å². The summed E-state index contributed by atoms with van der Waals surface area (Å²) in [6.45, 7) is 0. The van der Waals surface area contributed by atoms with Crippen molar-refractivity contribution in [1.29, 1.82) is 0 Å². The van der Waals surface area contributed by atoms with Gasteiger partial charge >= 0.3 is 0 Å². The van der Waals surface area contributed by atoms with Crippen LogP contribution in [0.4, 0.5) is 0 Å². The summed E-state index contributed by atoms with van der Waals surface area (Å²) in [7, 11) is 1.61. The van der Waals surface area contributed by atoms with Crippen molar-refractivity contribution in [2.45, 2.75) is 31.3 Å². The quantitative estimate of drug-likeness (QED) is 0.811. The Morgan fingerprint density at radius 2 is 2.18 bits per heavy atom. The molecule has 0 atom stereocenters. The molecule has 3 N–H and O–H groups in total. The van der Waals surface area contributed by atoms with Crippen LogP contribution in [0.5, 0.6) is 5.75 Å². The van der Waals surface area contributed by atoms with Gasteiger partial charge in [-0.1, -0.05) is 18.2 Å². The predicted molar refractivity (Wildman–Crippen MR) is 65.8 cm³/mol. The standard InChI is InChI=1S/C13H18N2O2/c1-17-12-5-3-2-4-9(12)6-13(16)15-11-7-10(14)8-11/h2-5,10-11H,6-8,14H2,1H3,(H,15,16). The number of methoxy groups -OCH3 is 1. The summed E-state index contributed by atoms with van der Waals surface area (Å²) >= 11 is 0. The molecule has 1 amide bonds. The predicted octanol–water partition coefficient (Wildman–Crippen LogP) is 0.844. The minimum atomic E-state index is 0.0337. The monoisotopic (exact) mass is 234 g/mol. The van der Waals surface area contributed by atoms with Gasteiger partial charge in [0.1, 0.15) is 5.75 Å². The van der Waals surface area contributed by atoms with Gasteiger partial charge < -0.3 is 15.8 Å². The molecule has 1 aromatic carbocycles. The number of amides is 1. The van der Waals surface area contributed by atoms with Gasteiger partial charge in [0.25, 0.3) is 0 Å². The first-order valence-electron chi connectivity index (χ1n) is 5.86. The molecule has 2 rings (SSSR count). The molecule has 17 heavy (non-hydrogen) atoms. The number of carbonyl (C=O) groups is 1. The van der Waals surface area contributed by atoms with Crippen molar-refractivity contribution in [3.8, 4) is 5.75 Å². The van der Waals surface area contributed by atoms with E-state index in [1.165, 1.54) is 0 Å². The topological polar surface area (TPSA) is 64.3 Å². The van der Waals surface area contributed by atoms with Gasteiger partial charge in [-0.05, 0) is 18.9 Å². The van der Waals surface area contributed by atoms with E-state index >= 15 is 0 Å². The van der Waals surface area contributed by atoms with Gasteiger partial charge in [0.2, 0.25) is 5.91 Å². The molecule has 0 heterocycles. The summed E-state index contributed by atoms with van der Waals surface area (Å²) in [6, 6.07) is 8.08. The Bertz CT molecular complexity index is 400. The number of benzene rings is 1. The molecule has 0 unspecified atom stereocenters. The van der Waals surface area contributed by atoms with Gasteiger partial charge in [-0.25, -0.2) is 0 Å². The third kappa shape index (κ3) is 2.97. The van der Waals surface area contributed by atoms with E-state index in [1.54, 1.807) is 7.11 Å². The number of ether oxygens (including phenoxy) is 1. The third-order valence-electron chi connectivity index (χ3n) is 3.08. The Morgan fingerprint density at radius 3 is 2.82 bits per heavy atom. The van der Waals surface area contributed by atoms with Gasteiger partial charge in [0.15, 0.2) is 0 Å². The van der Waals surface area contributed by atoms with E-state index < -0.39 is 0 Å². The van der Waals surface area contributed by atoms with Crippen LogP contribution in [0.3, 0.4) is 0 Å². The van der Waals surface area contributed by atoms with E-state index in [9.17, 15) is 4.79 Å². The number of carbonyl (C=O) groups excluding carboxylic acids is 1. The smallest absolute Gasteiger partial charge is 0.224 e. The zero-order chi connectivity index (χ0) is 12.3. The minimum Gasteiger partial charge on any atom is -0.496 e. The maximum atomic E-state index is 11.8. The highest BCUT2D eigenvalue weighted by atomic mass is 16.5. The van der Waals surface area contributed by atoms with Gasteiger partial charge in [-0.3, -0.25) is 4.79 Å². The zero-order valence-corrected chi connectivity index (χ0v) is 9.98. The fourth-order valence-corrected chi connectivity index (χ4v) is 2.08. The molecule has 0 bridgehead atoms. The molecular formula is C13H18N2O2. The second-order valence-electron chi connectivity index (χ2n) is 4.48. The van der Waals surface area contributed by atoms with Crippen LogP contribution in [0.1, 0.15) is 18.4 Å². The van der Waals surface area contributed by atoms with Gasteiger partial charge in [0, 0.05) is 17.6 Å². The van der Waals surface area contributed by atoms with Crippen LogP contribution >= 0.6 is 0 Å². The minimum absolute atomic E-state index is 0.0337. The van der Waals surface area contributed by atoms with Crippen molar-refractivity contribution in [2.75, 3.05) is 7.11 Å².